The molecule has 1 aliphatic rings. The number of piperazine rings is 1. The number of anilines is 2. The van der Waals surface area contributed by atoms with Crippen LogP contribution in [0.15, 0.2) is 53.5 Å². The van der Waals surface area contributed by atoms with Crippen molar-refractivity contribution in [2.45, 2.75) is 33.0 Å². The molecule has 4 rings (SSSR count). The zero-order valence-corrected chi connectivity index (χ0v) is 19.7. The lowest BCUT2D eigenvalue weighted by atomic mass is 9.99. The molecule has 3 aromatic rings. The molecule has 182 valence electrons. The molecule has 1 saturated heterocycles. The fourth-order valence-corrected chi connectivity index (χ4v) is 4.28. The Hall–Kier alpha value is -3.87. The van der Waals surface area contributed by atoms with Crippen LogP contribution in [-0.4, -0.2) is 46.5 Å². The van der Waals surface area contributed by atoms with Crippen LogP contribution in [0.5, 0.6) is 0 Å². The predicted molar refractivity (Wildman–Crippen MR) is 130 cm³/mol. The maximum Gasteiger partial charge on any atom is 0.437 e. The lowest BCUT2D eigenvalue weighted by molar-refractivity contribution is -0.140. The molecule has 35 heavy (non-hydrogen) atoms. The van der Waals surface area contributed by atoms with Crippen molar-refractivity contribution in [1.29, 1.82) is 5.26 Å². The van der Waals surface area contributed by atoms with E-state index in [1.54, 1.807) is 23.1 Å². The predicted octanol–water partition coefficient (Wildman–Crippen LogP) is 5.05. The Balaban J connectivity index is 1.68. The molecule has 1 atom stereocenters. The van der Waals surface area contributed by atoms with Gasteiger partial charge >= 0.3 is 6.18 Å². The highest BCUT2D eigenvalue weighted by molar-refractivity contribution is 5.95. The van der Waals surface area contributed by atoms with Crippen LogP contribution in [0, 0.1) is 24.3 Å². The third kappa shape index (κ3) is 5.14. The SMILES string of the molecule is Cc1ccccc1N/C(=N\C#N)N1CCN(c2nc3ccccc3nc2C(F)(F)F)CC1C(C)C. The highest BCUT2D eigenvalue weighted by Crippen LogP contribution is 2.36. The normalized spacial score (nSPS) is 17.1. The summed E-state index contributed by atoms with van der Waals surface area (Å²) in [6.45, 7) is 6.83. The number of hydrogen-bond acceptors (Lipinski definition) is 5. The number of alkyl halides is 3. The number of aliphatic imine (C=N–C) groups is 1. The molecule has 0 aliphatic carbocycles. The van der Waals surface area contributed by atoms with Crippen LogP contribution in [0.3, 0.4) is 0 Å². The summed E-state index contributed by atoms with van der Waals surface area (Å²) >= 11 is 0. The number of hydrogen-bond donors (Lipinski definition) is 1. The Bertz CT molecular complexity index is 1280. The van der Waals surface area contributed by atoms with E-state index in [9.17, 15) is 18.4 Å². The third-order valence-electron chi connectivity index (χ3n) is 6.13. The van der Waals surface area contributed by atoms with Gasteiger partial charge in [0.2, 0.25) is 12.2 Å². The smallest absolute Gasteiger partial charge is 0.351 e. The fraction of sp³-hybridized carbons (Fsp3) is 0.360. The third-order valence-corrected chi connectivity index (χ3v) is 6.13. The van der Waals surface area contributed by atoms with Gasteiger partial charge in [0.25, 0.3) is 0 Å². The van der Waals surface area contributed by atoms with Crippen LogP contribution in [0.25, 0.3) is 11.0 Å². The van der Waals surface area contributed by atoms with Crippen molar-refractivity contribution in [3.8, 4) is 6.19 Å². The van der Waals surface area contributed by atoms with Gasteiger partial charge in [0, 0.05) is 25.3 Å². The molecule has 0 radical (unpaired) electrons. The van der Waals surface area contributed by atoms with Crippen molar-refractivity contribution in [2.24, 2.45) is 10.9 Å². The molecule has 1 aromatic heterocycles. The topological polar surface area (TPSA) is 80.4 Å². The van der Waals surface area contributed by atoms with Gasteiger partial charge in [-0.15, -0.1) is 4.99 Å². The van der Waals surface area contributed by atoms with E-state index in [4.69, 9.17) is 0 Å². The summed E-state index contributed by atoms with van der Waals surface area (Å²) in [6.07, 6.45) is -2.79. The fourth-order valence-electron chi connectivity index (χ4n) is 4.28. The summed E-state index contributed by atoms with van der Waals surface area (Å²) in [5.41, 5.74) is 1.42. The van der Waals surface area contributed by atoms with Crippen molar-refractivity contribution in [3.63, 3.8) is 0 Å². The summed E-state index contributed by atoms with van der Waals surface area (Å²) < 4.78 is 41.9. The molecule has 0 amide bonds. The maximum atomic E-state index is 14.0. The van der Waals surface area contributed by atoms with Gasteiger partial charge in [-0.1, -0.05) is 44.2 Å². The van der Waals surface area contributed by atoms with E-state index in [0.29, 0.717) is 18.0 Å². The van der Waals surface area contributed by atoms with Crippen LogP contribution in [-0.2, 0) is 6.18 Å². The largest absolute Gasteiger partial charge is 0.437 e. The summed E-state index contributed by atoms with van der Waals surface area (Å²) in [7, 11) is 0. The van der Waals surface area contributed by atoms with Gasteiger partial charge in [-0.2, -0.15) is 18.4 Å². The van der Waals surface area contributed by atoms with Crippen LogP contribution in [0.4, 0.5) is 24.7 Å². The molecular formula is C25H26F3N7. The Kier molecular flexibility index (Phi) is 6.78. The van der Waals surface area contributed by atoms with Gasteiger partial charge in [-0.25, -0.2) is 9.97 Å². The zero-order valence-electron chi connectivity index (χ0n) is 19.7. The number of guanidine groups is 1. The Morgan fingerprint density at radius 3 is 2.37 bits per heavy atom. The first kappa shape index (κ1) is 24.3. The maximum absolute atomic E-state index is 14.0. The lowest BCUT2D eigenvalue weighted by Gasteiger charge is -2.45. The van der Waals surface area contributed by atoms with E-state index in [0.717, 1.165) is 11.3 Å². The number of aryl methyl sites for hydroxylation is 1. The minimum Gasteiger partial charge on any atom is -0.351 e. The Labute approximate surface area is 201 Å². The first-order valence-corrected chi connectivity index (χ1v) is 11.3. The standard InChI is InChI=1S/C25H26F3N7/c1-16(2)21-14-34(23-22(25(26,27)28)31-19-10-6-7-11-20(19)32-23)12-13-35(21)24(30-15-29)33-18-9-5-4-8-17(18)3/h4-11,16,21H,12-14H2,1-3H3,(H,30,33). The van der Waals surface area contributed by atoms with Crippen molar-refractivity contribution >= 4 is 28.5 Å². The summed E-state index contributed by atoms with van der Waals surface area (Å²) in [4.78, 5) is 15.9. The van der Waals surface area contributed by atoms with E-state index < -0.39 is 11.9 Å². The summed E-state index contributed by atoms with van der Waals surface area (Å²) in [5.74, 6) is 0.260. The molecule has 0 spiro atoms. The lowest BCUT2D eigenvalue weighted by Crippen LogP contribution is -2.59. The van der Waals surface area contributed by atoms with Crippen LogP contribution in [0.1, 0.15) is 25.1 Å². The molecular weight excluding hydrogens is 455 g/mol. The first-order chi connectivity index (χ1) is 16.7. The molecule has 0 saturated carbocycles. The second-order valence-corrected chi connectivity index (χ2v) is 8.81. The summed E-state index contributed by atoms with van der Waals surface area (Å²) in [6, 6.07) is 14.0. The second kappa shape index (κ2) is 9.78. The first-order valence-electron chi connectivity index (χ1n) is 11.3. The van der Waals surface area contributed by atoms with E-state index >= 15 is 0 Å². The van der Waals surface area contributed by atoms with Crippen LogP contribution < -0.4 is 10.2 Å². The van der Waals surface area contributed by atoms with E-state index in [-0.39, 0.29) is 36.4 Å². The van der Waals surface area contributed by atoms with E-state index in [1.807, 2.05) is 56.1 Å². The second-order valence-electron chi connectivity index (χ2n) is 8.81. The number of nitrogens with zero attached hydrogens (tertiary/aromatic N) is 6. The van der Waals surface area contributed by atoms with Crippen LogP contribution >= 0.6 is 0 Å². The van der Waals surface area contributed by atoms with Crippen molar-refractivity contribution in [3.05, 3.63) is 59.8 Å². The van der Waals surface area contributed by atoms with Crippen LogP contribution in [0.2, 0.25) is 0 Å². The average Bonchev–Trinajstić information content (AvgIpc) is 2.83. The number of fused-ring (bicyclic) bond motifs is 1. The van der Waals surface area contributed by atoms with Crippen molar-refractivity contribution in [2.75, 3.05) is 29.9 Å². The monoisotopic (exact) mass is 481 g/mol. The molecule has 1 fully saturated rings. The van der Waals surface area contributed by atoms with E-state index in [1.165, 1.54) is 6.07 Å². The van der Waals surface area contributed by atoms with Crippen molar-refractivity contribution < 1.29 is 13.2 Å². The van der Waals surface area contributed by atoms with Gasteiger partial charge < -0.3 is 15.1 Å². The highest BCUT2D eigenvalue weighted by atomic mass is 19.4. The number of rotatable bonds is 3. The van der Waals surface area contributed by atoms with Gasteiger partial charge in [0.05, 0.1) is 17.1 Å². The molecule has 2 heterocycles. The molecule has 0 bridgehead atoms. The van der Waals surface area contributed by atoms with Gasteiger partial charge in [-0.3, -0.25) is 0 Å². The quantitative estimate of drug-likeness (QED) is 0.320. The molecule has 1 aliphatic heterocycles. The van der Waals surface area contributed by atoms with E-state index in [2.05, 4.69) is 20.3 Å². The Morgan fingerprint density at radius 1 is 1.09 bits per heavy atom. The molecule has 7 nitrogen and oxygen atoms in total. The highest BCUT2D eigenvalue weighted by Gasteiger charge is 2.41. The number of para-hydroxylation sites is 3. The van der Waals surface area contributed by atoms with Gasteiger partial charge in [0.1, 0.15) is 0 Å². The van der Waals surface area contributed by atoms with Gasteiger partial charge in [-0.05, 0) is 36.6 Å². The van der Waals surface area contributed by atoms with Gasteiger partial charge in [0.15, 0.2) is 11.5 Å². The number of benzene rings is 2. The van der Waals surface area contributed by atoms with Crippen molar-refractivity contribution in [1.82, 2.24) is 14.9 Å². The number of nitrogens with one attached hydrogen (secondary N) is 1. The molecule has 10 heteroatoms. The molecule has 1 N–H and O–H groups in total. The Morgan fingerprint density at radius 2 is 1.74 bits per heavy atom. The number of nitriles is 1. The summed E-state index contributed by atoms with van der Waals surface area (Å²) in [5, 5.41) is 12.6. The molecule has 1 unspecified atom stereocenters. The zero-order chi connectivity index (χ0) is 25.2. The minimum absolute atomic E-state index is 0.0584. The number of halogens is 3. The average molecular weight is 482 g/mol. The number of aromatic nitrogens is 2. The minimum atomic E-state index is -4.64. The molecule has 2 aromatic carbocycles.